The molecule has 216 valence electrons. The molecule has 0 spiro atoms. The molecule has 5 rings (SSSR count). The van der Waals surface area contributed by atoms with Crippen LogP contribution in [0.25, 0.3) is 11.8 Å². The van der Waals surface area contributed by atoms with Gasteiger partial charge in [0.1, 0.15) is 0 Å². The number of hydrogen-bond acceptors (Lipinski definition) is 7. The van der Waals surface area contributed by atoms with E-state index in [1.807, 2.05) is 84.1 Å². The van der Waals surface area contributed by atoms with Gasteiger partial charge in [-0.05, 0) is 77.3 Å². The van der Waals surface area contributed by atoms with E-state index < -0.39 is 12.0 Å². The second-order valence-corrected chi connectivity index (χ2v) is 12.2. The molecule has 0 aliphatic carbocycles. The van der Waals surface area contributed by atoms with Gasteiger partial charge >= 0.3 is 5.97 Å². The second kappa shape index (κ2) is 12.7. The second-order valence-electron chi connectivity index (χ2n) is 10.0. The minimum Gasteiger partial charge on any atom is -0.504 e. The van der Waals surface area contributed by atoms with Crippen molar-refractivity contribution in [3.63, 3.8) is 0 Å². The number of phenols is 1. The Hall–Kier alpha value is -3.70. The van der Waals surface area contributed by atoms with Crippen molar-refractivity contribution >= 4 is 51.7 Å². The third kappa shape index (κ3) is 5.80. The zero-order valence-electron chi connectivity index (χ0n) is 23.8. The number of carbonyl (C=O) groups is 1. The Morgan fingerprint density at radius 3 is 2.45 bits per heavy atom. The lowest BCUT2D eigenvalue weighted by atomic mass is 9.91. The molecule has 42 heavy (non-hydrogen) atoms. The van der Waals surface area contributed by atoms with Gasteiger partial charge in [0.25, 0.3) is 5.56 Å². The van der Waals surface area contributed by atoms with Crippen LogP contribution in [-0.4, -0.2) is 28.9 Å². The first-order chi connectivity index (χ1) is 20.2. The van der Waals surface area contributed by atoms with Crippen LogP contribution in [0.3, 0.4) is 0 Å². The lowest BCUT2D eigenvalue weighted by Gasteiger charge is -2.26. The van der Waals surface area contributed by atoms with E-state index in [1.165, 1.54) is 11.3 Å². The molecular formula is C33H31IN2O5S. The molecule has 1 atom stereocenters. The summed E-state index contributed by atoms with van der Waals surface area (Å²) in [5.74, 6) is 0.229. The third-order valence-electron chi connectivity index (χ3n) is 6.94. The SMILES string of the molecule is CCOC(=O)C1=C(c2ccccc2)N=c2s/c(=C\c3cc(I)c(O)c(OCC)c3)c(=O)n2[C@H]1c1ccc(C(C)C)cc1. The van der Waals surface area contributed by atoms with E-state index in [-0.39, 0.29) is 17.9 Å². The Bertz CT molecular complexity index is 1840. The fourth-order valence-electron chi connectivity index (χ4n) is 4.91. The van der Waals surface area contributed by atoms with E-state index in [4.69, 9.17) is 14.5 Å². The Labute approximate surface area is 261 Å². The lowest BCUT2D eigenvalue weighted by molar-refractivity contribution is -0.138. The number of nitrogens with zero attached hydrogens (tertiary/aromatic N) is 2. The Morgan fingerprint density at radius 1 is 1.10 bits per heavy atom. The summed E-state index contributed by atoms with van der Waals surface area (Å²) in [5.41, 5.74) is 3.94. The van der Waals surface area contributed by atoms with E-state index >= 15 is 0 Å². The quantitative estimate of drug-likeness (QED) is 0.187. The number of aromatic nitrogens is 1. The first-order valence-corrected chi connectivity index (χ1v) is 15.7. The minimum absolute atomic E-state index is 0.0625. The summed E-state index contributed by atoms with van der Waals surface area (Å²) in [5, 5.41) is 10.4. The molecule has 3 aromatic carbocycles. The number of esters is 1. The molecule has 1 N–H and O–H groups in total. The number of hydrogen-bond donors (Lipinski definition) is 1. The van der Waals surface area contributed by atoms with Crippen molar-refractivity contribution in [2.24, 2.45) is 4.99 Å². The van der Waals surface area contributed by atoms with Gasteiger partial charge in [0.2, 0.25) is 0 Å². The highest BCUT2D eigenvalue weighted by Crippen LogP contribution is 2.36. The number of thiazole rings is 1. The Kier molecular flexibility index (Phi) is 8.98. The number of fused-ring (bicyclic) bond motifs is 1. The molecular weight excluding hydrogens is 663 g/mol. The summed E-state index contributed by atoms with van der Waals surface area (Å²) in [6, 6.07) is 20.3. The number of benzene rings is 3. The molecule has 7 nitrogen and oxygen atoms in total. The molecule has 0 saturated carbocycles. The number of halogens is 1. The van der Waals surface area contributed by atoms with Crippen molar-refractivity contribution in [1.82, 2.24) is 4.57 Å². The van der Waals surface area contributed by atoms with Crippen LogP contribution >= 0.6 is 33.9 Å². The summed E-state index contributed by atoms with van der Waals surface area (Å²) >= 11 is 3.30. The molecule has 0 radical (unpaired) electrons. The van der Waals surface area contributed by atoms with Crippen molar-refractivity contribution in [1.29, 1.82) is 0 Å². The van der Waals surface area contributed by atoms with Crippen molar-refractivity contribution < 1.29 is 19.4 Å². The van der Waals surface area contributed by atoms with Gasteiger partial charge in [0, 0.05) is 5.56 Å². The Balaban J connectivity index is 1.79. The van der Waals surface area contributed by atoms with Crippen LogP contribution in [0.15, 0.2) is 82.1 Å². The number of carbonyl (C=O) groups excluding carboxylic acids is 1. The first-order valence-electron chi connectivity index (χ1n) is 13.8. The zero-order chi connectivity index (χ0) is 30.0. The summed E-state index contributed by atoms with van der Waals surface area (Å²) < 4.78 is 13.8. The number of aromatic hydroxyl groups is 1. The van der Waals surface area contributed by atoms with E-state index in [1.54, 1.807) is 29.7 Å². The van der Waals surface area contributed by atoms with Crippen LogP contribution in [0.2, 0.25) is 0 Å². The standard InChI is InChI=1S/C33H31IN2O5S/c1-5-40-25-17-20(16-24(34)30(25)37)18-26-31(38)36-29(23-14-12-21(13-15-23)19(3)4)27(32(39)41-6-2)28(35-33(36)42-26)22-10-8-7-9-11-22/h7-19,29,37H,5-6H2,1-4H3/b26-18-/t29-/m0/s1. The van der Waals surface area contributed by atoms with E-state index in [0.29, 0.717) is 48.0 Å². The molecule has 4 aromatic rings. The smallest absolute Gasteiger partial charge is 0.338 e. The summed E-state index contributed by atoms with van der Waals surface area (Å²) in [6.45, 7) is 8.43. The van der Waals surface area contributed by atoms with E-state index in [2.05, 4.69) is 13.8 Å². The van der Waals surface area contributed by atoms with Crippen LogP contribution in [0.1, 0.15) is 61.9 Å². The Morgan fingerprint density at radius 2 is 1.81 bits per heavy atom. The largest absolute Gasteiger partial charge is 0.504 e. The third-order valence-corrected chi connectivity index (χ3v) is 8.75. The average molecular weight is 695 g/mol. The molecule has 9 heteroatoms. The van der Waals surface area contributed by atoms with E-state index in [0.717, 1.165) is 16.7 Å². The van der Waals surface area contributed by atoms with Crippen molar-refractivity contribution in [2.45, 2.75) is 39.7 Å². The van der Waals surface area contributed by atoms with Gasteiger partial charge in [-0.15, -0.1) is 0 Å². The maximum atomic E-state index is 14.1. The predicted molar refractivity (Wildman–Crippen MR) is 174 cm³/mol. The predicted octanol–water partition coefficient (Wildman–Crippen LogP) is 5.77. The maximum Gasteiger partial charge on any atom is 0.338 e. The maximum absolute atomic E-state index is 14.1. The van der Waals surface area contributed by atoms with Gasteiger partial charge < -0.3 is 14.6 Å². The summed E-state index contributed by atoms with van der Waals surface area (Å²) in [7, 11) is 0. The zero-order valence-corrected chi connectivity index (χ0v) is 26.7. The fourth-order valence-corrected chi connectivity index (χ4v) is 6.54. The van der Waals surface area contributed by atoms with Crippen LogP contribution in [0.4, 0.5) is 0 Å². The number of rotatable bonds is 8. The lowest BCUT2D eigenvalue weighted by Crippen LogP contribution is -2.40. The average Bonchev–Trinajstić information content (AvgIpc) is 3.29. The highest BCUT2D eigenvalue weighted by molar-refractivity contribution is 14.1. The number of ether oxygens (including phenoxy) is 2. The number of phenolic OH excluding ortho intramolecular Hbond substituents is 1. The molecule has 0 amide bonds. The molecule has 0 unspecified atom stereocenters. The van der Waals surface area contributed by atoms with Gasteiger partial charge in [0.15, 0.2) is 16.3 Å². The van der Waals surface area contributed by atoms with Crippen molar-refractivity contribution in [2.75, 3.05) is 13.2 Å². The monoisotopic (exact) mass is 694 g/mol. The normalized spacial score (nSPS) is 15.0. The molecule has 0 bridgehead atoms. The molecule has 1 aliphatic rings. The highest BCUT2D eigenvalue weighted by Gasteiger charge is 2.35. The van der Waals surface area contributed by atoms with Crippen LogP contribution in [0.5, 0.6) is 11.5 Å². The van der Waals surface area contributed by atoms with Gasteiger partial charge in [-0.1, -0.05) is 79.8 Å². The summed E-state index contributed by atoms with van der Waals surface area (Å²) in [4.78, 5) is 33.1. The van der Waals surface area contributed by atoms with Crippen LogP contribution in [-0.2, 0) is 9.53 Å². The van der Waals surface area contributed by atoms with Gasteiger partial charge in [-0.25, -0.2) is 9.79 Å². The molecule has 0 saturated heterocycles. The van der Waals surface area contributed by atoms with Gasteiger partial charge in [-0.2, -0.15) is 0 Å². The van der Waals surface area contributed by atoms with Gasteiger partial charge in [-0.3, -0.25) is 9.36 Å². The topological polar surface area (TPSA) is 90.1 Å². The summed E-state index contributed by atoms with van der Waals surface area (Å²) in [6.07, 6.45) is 1.77. The molecule has 1 aromatic heterocycles. The first kappa shape index (κ1) is 29.8. The molecule has 2 heterocycles. The van der Waals surface area contributed by atoms with E-state index in [9.17, 15) is 14.7 Å². The highest BCUT2D eigenvalue weighted by atomic mass is 127. The van der Waals surface area contributed by atoms with Crippen molar-refractivity contribution in [3.8, 4) is 11.5 Å². The minimum atomic E-state index is -0.738. The van der Waals surface area contributed by atoms with Crippen LogP contribution in [0, 0.1) is 3.57 Å². The van der Waals surface area contributed by atoms with Gasteiger partial charge in [0.05, 0.1) is 38.6 Å². The fraction of sp³-hybridized carbons (Fsp3) is 0.242. The van der Waals surface area contributed by atoms with Crippen LogP contribution < -0.4 is 19.6 Å². The molecule has 1 aliphatic heterocycles. The molecule has 0 fully saturated rings. The van der Waals surface area contributed by atoms with Crippen molar-refractivity contribution in [3.05, 3.63) is 118 Å².